The first-order chi connectivity index (χ1) is 36.2. The molecule has 8 aromatic carbocycles. The molecule has 0 aromatic heterocycles. The fourth-order valence-electron chi connectivity index (χ4n) is 13.1. The van der Waals surface area contributed by atoms with E-state index in [1.807, 2.05) is 0 Å². The van der Waals surface area contributed by atoms with Gasteiger partial charge in [0, 0.05) is 51.8 Å². The van der Waals surface area contributed by atoms with E-state index in [9.17, 15) is 0 Å². The van der Waals surface area contributed by atoms with Gasteiger partial charge < -0.3 is 9.80 Å². The van der Waals surface area contributed by atoms with Gasteiger partial charge in [-0.3, -0.25) is 0 Å². The maximum absolute atomic E-state index is 2.64. The predicted octanol–water partition coefficient (Wildman–Crippen LogP) is 18.3. The van der Waals surface area contributed by atoms with E-state index in [1.165, 1.54) is 78.2 Å². The van der Waals surface area contributed by atoms with Gasteiger partial charge in [-0.25, -0.2) is 0 Å². The molecule has 0 radical (unpaired) electrons. The predicted molar refractivity (Wildman–Crippen MR) is 306 cm³/mol. The molecule has 0 aliphatic heterocycles. The molecule has 0 amide bonds. The standard InChI is InChI=1S/C71H54N2/c1-5-23-49(24-6-1)53-30-21-33-56(45-53)72(55-31-11-4-12-32-55)57-46-54(50-25-7-2-8-26-50)47-58(48-57)73(67-41-20-17-34-59(67)51-27-9-3-10-28-51)68-42-22-40-65-70(68)62-37-16-19-39-64(62)71(65)63-38-18-15-36-61(63)69-60-35-14-13-29-52(60)43-44-66(69)71/h1-5,7-23,25-33,35-48,52,59-60H,6,24,34H2. The highest BCUT2D eigenvalue weighted by molar-refractivity contribution is 6.02. The second kappa shape index (κ2) is 17.8. The second-order valence-corrected chi connectivity index (χ2v) is 20.1. The molecule has 6 aliphatic rings. The summed E-state index contributed by atoms with van der Waals surface area (Å²) in [6.07, 6.45) is 31.0. The summed E-state index contributed by atoms with van der Waals surface area (Å²) in [7, 11) is 0. The highest BCUT2D eigenvalue weighted by Crippen LogP contribution is 2.66. The Morgan fingerprint density at radius 2 is 1.10 bits per heavy atom. The normalized spacial score (nSPS) is 20.5. The average Bonchev–Trinajstić information content (AvgIpc) is 3.95. The Bertz CT molecular complexity index is 3730. The molecular weight excluding hydrogens is 881 g/mol. The number of fused-ring (bicyclic) bond motifs is 11. The molecule has 0 saturated heterocycles. The molecule has 14 rings (SSSR count). The first-order valence-corrected chi connectivity index (χ1v) is 26.1. The van der Waals surface area contributed by atoms with Crippen molar-refractivity contribution in [2.24, 2.45) is 11.8 Å². The Morgan fingerprint density at radius 1 is 0.452 bits per heavy atom. The van der Waals surface area contributed by atoms with E-state index in [4.69, 9.17) is 0 Å². The minimum atomic E-state index is -0.495. The van der Waals surface area contributed by atoms with Gasteiger partial charge in [-0.15, -0.1) is 0 Å². The molecule has 0 N–H and O–H groups in total. The van der Waals surface area contributed by atoms with Crippen molar-refractivity contribution in [1.82, 2.24) is 0 Å². The van der Waals surface area contributed by atoms with E-state index >= 15 is 0 Å². The third-order valence-corrected chi connectivity index (χ3v) is 16.2. The highest BCUT2D eigenvalue weighted by Gasteiger charge is 2.55. The van der Waals surface area contributed by atoms with Gasteiger partial charge in [0.05, 0.1) is 11.1 Å². The molecule has 2 nitrogen and oxygen atoms in total. The molecule has 73 heavy (non-hydrogen) atoms. The van der Waals surface area contributed by atoms with Gasteiger partial charge in [0.15, 0.2) is 0 Å². The summed E-state index contributed by atoms with van der Waals surface area (Å²) in [5.41, 5.74) is 23.5. The summed E-state index contributed by atoms with van der Waals surface area (Å²) in [6.45, 7) is 0. The third-order valence-electron chi connectivity index (χ3n) is 16.2. The van der Waals surface area contributed by atoms with Gasteiger partial charge in [0.2, 0.25) is 0 Å². The molecule has 4 unspecified atom stereocenters. The minimum absolute atomic E-state index is 0.0992. The number of para-hydroxylation sites is 1. The van der Waals surface area contributed by atoms with Crippen LogP contribution in [-0.2, 0) is 5.41 Å². The van der Waals surface area contributed by atoms with E-state index in [-0.39, 0.29) is 11.8 Å². The van der Waals surface area contributed by atoms with E-state index in [0.29, 0.717) is 5.92 Å². The molecule has 348 valence electrons. The van der Waals surface area contributed by atoms with Crippen molar-refractivity contribution in [2.75, 3.05) is 9.80 Å². The lowest BCUT2D eigenvalue weighted by Crippen LogP contribution is -2.28. The summed E-state index contributed by atoms with van der Waals surface area (Å²) in [4.78, 5) is 5.10. The van der Waals surface area contributed by atoms with Crippen LogP contribution in [0.15, 0.2) is 284 Å². The zero-order valence-corrected chi connectivity index (χ0v) is 40.7. The molecule has 0 bridgehead atoms. The molecular formula is C71H54N2. The molecule has 0 saturated carbocycles. The van der Waals surface area contributed by atoms with Crippen molar-refractivity contribution in [3.8, 4) is 22.3 Å². The molecule has 6 aliphatic carbocycles. The maximum Gasteiger partial charge on any atom is 0.0723 e. The second-order valence-electron chi connectivity index (χ2n) is 20.1. The molecule has 0 heterocycles. The van der Waals surface area contributed by atoms with Gasteiger partial charge in [-0.2, -0.15) is 0 Å². The van der Waals surface area contributed by atoms with Crippen LogP contribution in [0.25, 0.3) is 33.4 Å². The van der Waals surface area contributed by atoms with Crippen molar-refractivity contribution in [3.63, 3.8) is 0 Å². The number of rotatable bonds is 9. The van der Waals surface area contributed by atoms with Crippen molar-refractivity contribution < 1.29 is 0 Å². The Morgan fingerprint density at radius 3 is 1.90 bits per heavy atom. The quantitative estimate of drug-likeness (QED) is 0.142. The van der Waals surface area contributed by atoms with Gasteiger partial charge in [0.25, 0.3) is 0 Å². The number of allylic oxidation sites excluding steroid dienone is 16. The van der Waals surface area contributed by atoms with Crippen molar-refractivity contribution in [3.05, 3.63) is 318 Å². The summed E-state index contributed by atoms with van der Waals surface area (Å²) in [6, 6.07) is 75.2. The van der Waals surface area contributed by atoms with Crippen LogP contribution in [0.3, 0.4) is 0 Å². The van der Waals surface area contributed by atoms with Crippen LogP contribution in [0.5, 0.6) is 0 Å². The smallest absolute Gasteiger partial charge is 0.0723 e. The lowest BCUT2D eigenvalue weighted by atomic mass is 9.67. The maximum atomic E-state index is 2.64. The fourth-order valence-corrected chi connectivity index (χ4v) is 13.1. The number of nitrogens with zero attached hydrogens (tertiary/aromatic N) is 2. The van der Waals surface area contributed by atoms with Crippen LogP contribution >= 0.6 is 0 Å². The largest absolute Gasteiger partial charge is 0.313 e. The summed E-state index contributed by atoms with van der Waals surface area (Å²) in [5.74, 6) is 0.703. The van der Waals surface area contributed by atoms with Crippen molar-refractivity contribution >= 4 is 39.6 Å². The Kier molecular flexibility index (Phi) is 10.5. The first-order valence-electron chi connectivity index (χ1n) is 26.1. The van der Waals surface area contributed by atoms with Gasteiger partial charge in [-0.1, -0.05) is 218 Å². The van der Waals surface area contributed by atoms with E-state index < -0.39 is 5.41 Å². The lowest BCUT2D eigenvalue weighted by molar-refractivity contribution is 0.665. The molecule has 4 atom stereocenters. The highest BCUT2D eigenvalue weighted by atomic mass is 15.2. The summed E-state index contributed by atoms with van der Waals surface area (Å²) >= 11 is 0. The minimum Gasteiger partial charge on any atom is -0.313 e. The van der Waals surface area contributed by atoms with Gasteiger partial charge >= 0.3 is 0 Å². The lowest BCUT2D eigenvalue weighted by Gasteiger charge is -2.37. The monoisotopic (exact) mass is 934 g/mol. The van der Waals surface area contributed by atoms with Crippen LogP contribution in [0.1, 0.15) is 58.6 Å². The zero-order chi connectivity index (χ0) is 48.3. The summed E-state index contributed by atoms with van der Waals surface area (Å²) < 4.78 is 0. The van der Waals surface area contributed by atoms with E-state index in [0.717, 1.165) is 47.6 Å². The van der Waals surface area contributed by atoms with Crippen molar-refractivity contribution in [1.29, 1.82) is 0 Å². The average molecular weight is 935 g/mol. The summed E-state index contributed by atoms with van der Waals surface area (Å²) in [5, 5.41) is 0. The van der Waals surface area contributed by atoms with Crippen LogP contribution < -0.4 is 9.80 Å². The van der Waals surface area contributed by atoms with Crippen LogP contribution in [-0.4, -0.2) is 0 Å². The number of benzene rings is 8. The number of hydrogen-bond acceptors (Lipinski definition) is 2. The van der Waals surface area contributed by atoms with E-state index in [2.05, 4.69) is 283 Å². The molecule has 8 aromatic rings. The topological polar surface area (TPSA) is 6.48 Å². The Hall–Kier alpha value is -8.72. The number of anilines is 5. The molecule has 0 fully saturated rings. The van der Waals surface area contributed by atoms with Crippen molar-refractivity contribution in [2.45, 2.75) is 30.6 Å². The Balaban J connectivity index is 1.05. The van der Waals surface area contributed by atoms with Gasteiger partial charge in [0.1, 0.15) is 0 Å². The van der Waals surface area contributed by atoms with Crippen LogP contribution in [0, 0.1) is 11.8 Å². The fraction of sp³-hybridized carbons (Fsp3) is 0.0986. The van der Waals surface area contributed by atoms with Crippen LogP contribution in [0.4, 0.5) is 28.4 Å². The van der Waals surface area contributed by atoms with Crippen LogP contribution in [0.2, 0.25) is 0 Å². The Labute approximate surface area is 429 Å². The molecule has 1 spiro atoms. The van der Waals surface area contributed by atoms with Gasteiger partial charge in [-0.05, 0) is 141 Å². The third kappa shape index (κ3) is 7.00. The van der Waals surface area contributed by atoms with E-state index in [1.54, 1.807) is 0 Å². The molecule has 2 heteroatoms. The number of hydrogen-bond donors (Lipinski definition) is 0. The zero-order valence-electron chi connectivity index (χ0n) is 40.7. The first kappa shape index (κ1) is 43.1. The SMILES string of the molecule is C1=CCCC(c2cccc(N(c3ccccc3)c3cc(-c4ccccc4)cc(N(C4=CC=CCC4c4ccccc4)c4cccc5c4-c4ccccc4C54C5=C(c6ccccc64)C4C=CC=CC4C=C5)c3)c2)=C1.